The Hall–Kier alpha value is -2.25. The zero-order chi connectivity index (χ0) is 17.7. The highest BCUT2D eigenvalue weighted by molar-refractivity contribution is 5.86. The predicted octanol–water partition coefficient (Wildman–Crippen LogP) is 2.46. The van der Waals surface area contributed by atoms with Gasteiger partial charge in [0.15, 0.2) is 0 Å². The van der Waals surface area contributed by atoms with Crippen LogP contribution in [0.3, 0.4) is 0 Å². The van der Waals surface area contributed by atoms with Crippen LogP contribution in [-0.2, 0) is 16.0 Å². The van der Waals surface area contributed by atoms with Crippen LogP contribution in [0.15, 0.2) is 30.3 Å². The van der Waals surface area contributed by atoms with E-state index in [0.29, 0.717) is 11.3 Å². The molecular formula is C16H19F3N2O3. The smallest absolute Gasteiger partial charge is 0.410 e. The Kier molecular flexibility index (Phi) is 5.69. The van der Waals surface area contributed by atoms with Crippen LogP contribution in [0, 0.1) is 0 Å². The maximum absolute atomic E-state index is 12.6. The van der Waals surface area contributed by atoms with Gasteiger partial charge >= 0.3 is 12.3 Å². The molecule has 0 unspecified atom stereocenters. The Labute approximate surface area is 138 Å². The van der Waals surface area contributed by atoms with Crippen LogP contribution in [0.2, 0.25) is 0 Å². The van der Waals surface area contributed by atoms with Crippen molar-refractivity contribution in [1.29, 1.82) is 0 Å². The van der Waals surface area contributed by atoms with Gasteiger partial charge in [0.2, 0.25) is 5.91 Å². The Balaban J connectivity index is 2.21. The van der Waals surface area contributed by atoms with Gasteiger partial charge in [-0.3, -0.25) is 9.69 Å². The second-order valence-electron chi connectivity index (χ2n) is 5.68. The number of ether oxygens (including phenoxy) is 1. The third-order valence-corrected chi connectivity index (χ3v) is 3.73. The number of amides is 2. The van der Waals surface area contributed by atoms with Crippen molar-refractivity contribution in [2.24, 2.45) is 0 Å². The van der Waals surface area contributed by atoms with E-state index in [-0.39, 0.29) is 19.6 Å². The summed E-state index contributed by atoms with van der Waals surface area (Å²) in [5.41, 5.74) is 0.759. The van der Waals surface area contributed by atoms with Gasteiger partial charge < -0.3 is 9.64 Å². The van der Waals surface area contributed by atoms with E-state index in [9.17, 15) is 22.8 Å². The fourth-order valence-corrected chi connectivity index (χ4v) is 2.62. The fourth-order valence-electron chi connectivity index (χ4n) is 2.62. The lowest BCUT2D eigenvalue weighted by molar-refractivity contribution is -0.161. The van der Waals surface area contributed by atoms with Crippen LogP contribution < -0.4 is 0 Å². The molecule has 1 aliphatic rings. The summed E-state index contributed by atoms with van der Waals surface area (Å²) in [4.78, 5) is 26.3. The van der Waals surface area contributed by atoms with Gasteiger partial charge in [-0.25, -0.2) is 4.79 Å². The minimum absolute atomic E-state index is 0.136. The molecule has 0 spiro atoms. The number of alkyl halides is 3. The van der Waals surface area contributed by atoms with Gasteiger partial charge in [0.1, 0.15) is 12.6 Å². The van der Waals surface area contributed by atoms with Crippen molar-refractivity contribution in [2.45, 2.75) is 25.1 Å². The summed E-state index contributed by atoms with van der Waals surface area (Å²) >= 11 is 0. The lowest BCUT2D eigenvalue weighted by atomic mass is 10.0. The summed E-state index contributed by atoms with van der Waals surface area (Å²) < 4.78 is 42.7. The molecule has 0 aromatic heterocycles. The van der Waals surface area contributed by atoms with Gasteiger partial charge in [-0.2, -0.15) is 13.2 Å². The molecule has 0 saturated carbocycles. The molecular weight excluding hydrogens is 325 g/mol. The largest absolute Gasteiger partial charge is 0.449 e. The monoisotopic (exact) mass is 344 g/mol. The quantitative estimate of drug-likeness (QED) is 0.824. The zero-order valence-electron chi connectivity index (χ0n) is 13.3. The first-order valence-corrected chi connectivity index (χ1v) is 7.57. The summed E-state index contributed by atoms with van der Waals surface area (Å²) in [5.74, 6) is -0.755. The summed E-state index contributed by atoms with van der Waals surface area (Å²) in [6.45, 7) is -0.831. The van der Waals surface area contributed by atoms with E-state index in [1.807, 2.05) is 0 Å². The Morgan fingerprint density at radius 2 is 2.00 bits per heavy atom. The number of rotatable bonds is 5. The van der Waals surface area contributed by atoms with Crippen LogP contribution in [0.25, 0.3) is 0 Å². The number of carbonyl (C=O) groups excluding carboxylic acids is 2. The number of halogens is 3. The van der Waals surface area contributed by atoms with Crippen molar-refractivity contribution in [3.63, 3.8) is 0 Å². The number of likely N-dealkylation sites (N-methyl/N-ethyl adjacent to an activating group) is 1. The Morgan fingerprint density at radius 3 is 2.58 bits per heavy atom. The van der Waals surface area contributed by atoms with Crippen molar-refractivity contribution in [3.8, 4) is 0 Å². The van der Waals surface area contributed by atoms with E-state index >= 15 is 0 Å². The van der Waals surface area contributed by atoms with Gasteiger partial charge in [0.25, 0.3) is 0 Å². The van der Waals surface area contributed by atoms with Crippen molar-refractivity contribution in [1.82, 2.24) is 9.80 Å². The highest BCUT2D eigenvalue weighted by Crippen LogP contribution is 2.20. The standard InChI is InChI=1S/C16H19F3N2O3/c1-20(11-16(17,18)19)14(22)13(10-12-6-3-2-4-7-12)21-8-5-9-24-15(21)23/h2-4,6-7,13H,5,8-11H2,1H3/t13-/m1/s1. The molecule has 1 atom stereocenters. The molecule has 1 aliphatic heterocycles. The molecule has 8 heteroatoms. The molecule has 24 heavy (non-hydrogen) atoms. The first kappa shape index (κ1) is 18.1. The number of nitrogens with zero attached hydrogens (tertiary/aromatic N) is 2. The van der Waals surface area contributed by atoms with E-state index in [1.165, 1.54) is 4.90 Å². The molecule has 2 amide bonds. The van der Waals surface area contributed by atoms with Gasteiger partial charge in [0.05, 0.1) is 6.61 Å². The molecule has 0 N–H and O–H groups in total. The van der Waals surface area contributed by atoms with Gasteiger partial charge in [-0.15, -0.1) is 0 Å². The maximum Gasteiger partial charge on any atom is 0.410 e. The third-order valence-electron chi connectivity index (χ3n) is 3.73. The molecule has 1 aromatic carbocycles. The third kappa shape index (κ3) is 4.87. The van der Waals surface area contributed by atoms with E-state index in [2.05, 4.69) is 0 Å². The Bertz CT molecular complexity index is 578. The molecule has 1 aromatic rings. The minimum atomic E-state index is -4.50. The SMILES string of the molecule is CN(CC(F)(F)F)C(=O)[C@@H](Cc1ccccc1)N1CCCOC1=O. The summed E-state index contributed by atoms with van der Waals surface area (Å²) in [5, 5.41) is 0. The first-order valence-electron chi connectivity index (χ1n) is 7.57. The van der Waals surface area contributed by atoms with Crippen LogP contribution in [0.5, 0.6) is 0 Å². The topological polar surface area (TPSA) is 49.9 Å². The van der Waals surface area contributed by atoms with Crippen LogP contribution >= 0.6 is 0 Å². The molecule has 0 aliphatic carbocycles. The average molecular weight is 344 g/mol. The predicted molar refractivity (Wildman–Crippen MR) is 80.3 cm³/mol. The van der Waals surface area contributed by atoms with E-state index in [4.69, 9.17) is 4.74 Å². The summed E-state index contributed by atoms with van der Waals surface area (Å²) in [6.07, 6.45) is -4.50. The highest BCUT2D eigenvalue weighted by Gasteiger charge is 2.38. The zero-order valence-corrected chi connectivity index (χ0v) is 13.3. The maximum atomic E-state index is 12.6. The molecule has 0 bridgehead atoms. The minimum Gasteiger partial charge on any atom is -0.449 e. The normalized spacial score (nSPS) is 16.5. The van der Waals surface area contributed by atoms with Crippen molar-refractivity contribution < 1.29 is 27.5 Å². The molecule has 1 saturated heterocycles. The lowest BCUT2D eigenvalue weighted by Gasteiger charge is -2.35. The second-order valence-corrected chi connectivity index (χ2v) is 5.68. The first-order chi connectivity index (χ1) is 11.3. The van der Waals surface area contributed by atoms with Crippen LogP contribution in [0.1, 0.15) is 12.0 Å². The molecule has 1 heterocycles. The number of benzene rings is 1. The van der Waals surface area contributed by atoms with E-state index < -0.39 is 30.8 Å². The Morgan fingerprint density at radius 1 is 1.33 bits per heavy atom. The van der Waals surface area contributed by atoms with Gasteiger partial charge in [-0.05, 0) is 12.0 Å². The summed E-state index contributed by atoms with van der Waals surface area (Å²) in [7, 11) is 1.09. The van der Waals surface area contributed by atoms with Gasteiger partial charge in [-0.1, -0.05) is 30.3 Å². The average Bonchev–Trinajstić information content (AvgIpc) is 2.52. The number of cyclic esters (lactones) is 1. The van der Waals surface area contributed by atoms with Crippen molar-refractivity contribution >= 4 is 12.0 Å². The van der Waals surface area contributed by atoms with Crippen molar-refractivity contribution in [2.75, 3.05) is 26.7 Å². The van der Waals surface area contributed by atoms with E-state index in [1.54, 1.807) is 30.3 Å². The molecule has 1 fully saturated rings. The number of hydrogen-bond acceptors (Lipinski definition) is 3. The number of carbonyl (C=O) groups is 2. The van der Waals surface area contributed by atoms with Crippen molar-refractivity contribution in [3.05, 3.63) is 35.9 Å². The van der Waals surface area contributed by atoms with E-state index in [0.717, 1.165) is 12.6 Å². The number of hydrogen-bond donors (Lipinski definition) is 0. The molecule has 5 nitrogen and oxygen atoms in total. The fraction of sp³-hybridized carbons (Fsp3) is 0.500. The molecule has 132 valence electrons. The second kappa shape index (κ2) is 7.55. The lowest BCUT2D eigenvalue weighted by Crippen LogP contribution is -2.54. The molecule has 0 radical (unpaired) electrons. The van der Waals surface area contributed by atoms with Gasteiger partial charge in [0, 0.05) is 20.0 Å². The van der Waals surface area contributed by atoms with Crippen LogP contribution in [-0.4, -0.2) is 60.8 Å². The highest BCUT2D eigenvalue weighted by atomic mass is 19.4. The molecule has 2 rings (SSSR count). The van der Waals surface area contributed by atoms with Crippen LogP contribution in [0.4, 0.5) is 18.0 Å². The summed E-state index contributed by atoms with van der Waals surface area (Å²) in [6, 6.07) is 7.84.